The number of nitrogens with one attached hydrogen (secondary N) is 2. The first kappa shape index (κ1) is 13.7. The quantitative estimate of drug-likeness (QED) is 0.880. The van der Waals surface area contributed by atoms with Gasteiger partial charge in [-0.05, 0) is 24.5 Å². The van der Waals surface area contributed by atoms with E-state index in [0.717, 1.165) is 28.6 Å². The van der Waals surface area contributed by atoms with Crippen molar-refractivity contribution in [3.8, 4) is 0 Å². The molecule has 0 saturated heterocycles. The molecule has 0 atom stereocenters. The lowest BCUT2D eigenvalue weighted by molar-refractivity contribution is 0.627. The maximum absolute atomic E-state index is 11.3. The topological polar surface area (TPSA) is 70.7 Å². The second kappa shape index (κ2) is 5.97. The molecule has 6 heteroatoms. The van der Waals surface area contributed by atoms with Gasteiger partial charge in [0.2, 0.25) is 10.7 Å². The minimum atomic E-state index is -0.0745. The van der Waals surface area contributed by atoms with E-state index in [-0.39, 0.29) is 5.56 Å². The Labute approximate surface area is 116 Å². The van der Waals surface area contributed by atoms with Crippen LogP contribution in [-0.2, 0) is 13.0 Å². The molecule has 2 aromatic rings. The lowest BCUT2D eigenvalue weighted by atomic mass is 10.1. The third kappa shape index (κ3) is 4.17. The summed E-state index contributed by atoms with van der Waals surface area (Å²) in [6.07, 6.45) is 0.891. The largest absolute Gasteiger partial charge is 0.356 e. The van der Waals surface area contributed by atoms with Crippen LogP contribution >= 0.6 is 11.5 Å². The highest BCUT2D eigenvalue weighted by atomic mass is 32.1. The molecule has 2 aromatic heterocycles. The third-order valence-corrected chi connectivity index (χ3v) is 3.25. The van der Waals surface area contributed by atoms with Crippen LogP contribution in [0.4, 0.5) is 5.13 Å². The molecule has 0 aliphatic carbocycles. The Morgan fingerprint density at radius 3 is 2.89 bits per heavy atom. The summed E-state index contributed by atoms with van der Waals surface area (Å²) in [4.78, 5) is 18.5. The molecule has 0 amide bonds. The summed E-state index contributed by atoms with van der Waals surface area (Å²) in [7, 11) is 0. The van der Waals surface area contributed by atoms with E-state index in [1.165, 1.54) is 11.5 Å². The van der Waals surface area contributed by atoms with Gasteiger partial charge in [-0.3, -0.25) is 4.79 Å². The summed E-state index contributed by atoms with van der Waals surface area (Å²) in [6, 6.07) is 3.54. The fourth-order valence-electron chi connectivity index (χ4n) is 1.81. The molecule has 0 aliphatic heterocycles. The van der Waals surface area contributed by atoms with Crippen LogP contribution in [0.25, 0.3) is 0 Å². The fraction of sp³-hybridized carbons (Fsp3) is 0.462. The van der Waals surface area contributed by atoms with Crippen molar-refractivity contribution in [1.29, 1.82) is 0 Å². The predicted molar refractivity (Wildman–Crippen MR) is 77.6 cm³/mol. The predicted octanol–water partition coefficient (Wildman–Crippen LogP) is 2.35. The zero-order valence-corrected chi connectivity index (χ0v) is 12.2. The second-order valence-corrected chi connectivity index (χ2v) is 5.75. The first-order chi connectivity index (χ1) is 9.02. The Balaban J connectivity index is 1.98. The van der Waals surface area contributed by atoms with Crippen molar-refractivity contribution in [3.05, 3.63) is 39.6 Å². The second-order valence-electron chi connectivity index (χ2n) is 5.00. The normalized spacial score (nSPS) is 10.9. The number of hydrogen-bond acceptors (Lipinski definition) is 5. The van der Waals surface area contributed by atoms with Gasteiger partial charge in [-0.15, -0.1) is 0 Å². The monoisotopic (exact) mass is 278 g/mol. The van der Waals surface area contributed by atoms with E-state index in [1.807, 2.05) is 13.0 Å². The molecule has 0 aliphatic rings. The van der Waals surface area contributed by atoms with Gasteiger partial charge in [-0.25, -0.2) is 4.98 Å². The van der Waals surface area contributed by atoms with Crippen molar-refractivity contribution in [2.24, 2.45) is 5.92 Å². The van der Waals surface area contributed by atoms with Gasteiger partial charge < -0.3 is 10.3 Å². The van der Waals surface area contributed by atoms with E-state index in [1.54, 1.807) is 6.07 Å². The van der Waals surface area contributed by atoms with Gasteiger partial charge in [-0.1, -0.05) is 13.8 Å². The van der Waals surface area contributed by atoms with E-state index in [0.29, 0.717) is 12.5 Å². The van der Waals surface area contributed by atoms with Crippen LogP contribution in [0.15, 0.2) is 16.9 Å². The van der Waals surface area contributed by atoms with Crippen LogP contribution in [0.3, 0.4) is 0 Å². The average molecular weight is 278 g/mol. The molecule has 2 N–H and O–H groups in total. The smallest absolute Gasteiger partial charge is 0.248 e. The van der Waals surface area contributed by atoms with Crippen LogP contribution in [0.1, 0.15) is 30.9 Å². The average Bonchev–Trinajstić information content (AvgIpc) is 2.72. The molecule has 0 bridgehead atoms. The molecule has 102 valence electrons. The summed E-state index contributed by atoms with van der Waals surface area (Å²) >= 11 is 1.36. The molecule has 0 fully saturated rings. The lowest BCUT2D eigenvalue weighted by Crippen LogP contribution is -2.09. The van der Waals surface area contributed by atoms with E-state index in [4.69, 9.17) is 0 Å². The summed E-state index contributed by atoms with van der Waals surface area (Å²) in [5.41, 5.74) is 1.73. The zero-order valence-electron chi connectivity index (χ0n) is 11.4. The summed E-state index contributed by atoms with van der Waals surface area (Å²) in [5.74, 6) is 1.43. The highest BCUT2D eigenvalue weighted by Crippen LogP contribution is 2.14. The number of rotatable bonds is 5. The molecular formula is C13H18N4OS. The van der Waals surface area contributed by atoms with Crippen LogP contribution in [-0.4, -0.2) is 14.3 Å². The third-order valence-electron chi connectivity index (χ3n) is 2.54. The molecular weight excluding hydrogens is 260 g/mol. The molecule has 0 spiro atoms. The van der Waals surface area contributed by atoms with Crippen LogP contribution in [0.5, 0.6) is 0 Å². The number of aromatic nitrogens is 3. The van der Waals surface area contributed by atoms with Gasteiger partial charge in [0.1, 0.15) is 5.82 Å². The maximum Gasteiger partial charge on any atom is 0.248 e. The Morgan fingerprint density at radius 2 is 2.21 bits per heavy atom. The first-order valence-electron chi connectivity index (χ1n) is 6.29. The van der Waals surface area contributed by atoms with E-state index in [9.17, 15) is 4.79 Å². The van der Waals surface area contributed by atoms with Crippen LogP contribution in [0.2, 0.25) is 0 Å². The minimum Gasteiger partial charge on any atom is -0.356 e. The molecule has 2 rings (SSSR count). The van der Waals surface area contributed by atoms with Gasteiger partial charge in [0.25, 0.3) is 0 Å². The number of anilines is 1. The number of aromatic amines is 1. The van der Waals surface area contributed by atoms with Gasteiger partial charge >= 0.3 is 0 Å². The SMILES string of the molecule is Cc1cc(CNc2nc(CC(C)C)ns2)cc(=O)[nH]1. The van der Waals surface area contributed by atoms with Gasteiger partial charge in [0, 0.05) is 36.3 Å². The molecule has 0 unspecified atom stereocenters. The number of aryl methyl sites for hydroxylation is 1. The highest BCUT2D eigenvalue weighted by Gasteiger charge is 2.06. The Kier molecular flexibility index (Phi) is 4.31. The van der Waals surface area contributed by atoms with Crippen molar-refractivity contribution >= 4 is 16.7 Å². The number of nitrogens with zero attached hydrogens (tertiary/aromatic N) is 2. The molecule has 2 heterocycles. The van der Waals surface area contributed by atoms with Gasteiger partial charge in [-0.2, -0.15) is 4.37 Å². The molecule has 5 nitrogen and oxygen atoms in total. The van der Waals surface area contributed by atoms with Gasteiger partial charge in [0.05, 0.1) is 0 Å². The fourth-order valence-corrected chi connectivity index (χ4v) is 2.40. The summed E-state index contributed by atoms with van der Waals surface area (Å²) < 4.78 is 4.30. The summed E-state index contributed by atoms with van der Waals surface area (Å²) in [6.45, 7) is 6.75. The Hall–Kier alpha value is -1.69. The Bertz CT molecular complexity index is 603. The van der Waals surface area contributed by atoms with Gasteiger partial charge in [0.15, 0.2) is 0 Å². The zero-order chi connectivity index (χ0) is 13.8. The molecule has 0 radical (unpaired) electrons. The number of hydrogen-bond donors (Lipinski definition) is 2. The van der Waals surface area contributed by atoms with E-state index < -0.39 is 0 Å². The van der Waals surface area contributed by atoms with E-state index >= 15 is 0 Å². The maximum atomic E-state index is 11.3. The van der Waals surface area contributed by atoms with Crippen molar-refractivity contribution in [2.75, 3.05) is 5.32 Å². The summed E-state index contributed by atoms with van der Waals surface area (Å²) in [5, 5.41) is 4.00. The molecule has 0 aromatic carbocycles. The van der Waals surface area contributed by atoms with E-state index in [2.05, 4.69) is 33.5 Å². The Morgan fingerprint density at radius 1 is 1.42 bits per heavy atom. The van der Waals surface area contributed by atoms with Crippen LogP contribution < -0.4 is 10.9 Å². The van der Waals surface area contributed by atoms with Crippen molar-refractivity contribution in [2.45, 2.75) is 33.7 Å². The first-order valence-corrected chi connectivity index (χ1v) is 7.06. The minimum absolute atomic E-state index is 0.0745. The van der Waals surface area contributed by atoms with Crippen molar-refractivity contribution < 1.29 is 0 Å². The van der Waals surface area contributed by atoms with Crippen molar-refractivity contribution in [3.63, 3.8) is 0 Å². The highest BCUT2D eigenvalue weighted by molar-refractivity contribution is 7.09. The molecule has 19 heavy (non-hydrogen) atoms. The number of H-pyrrole nitrogens is 1. The standard InChI is InChI=1S/C13H18N4OS/c1-8(2)4-11-16-13(19-17-11)14-7-10-5-9(3)15-12(18)6-10/h5-6,8H,4,7H2,1-3H3,(H,15,18)(H,14,16,17). The lowest BCUT2D eigenvalue weighted by Gasteiger charge is -2.03. The van der Waals surface area contributed by atoms with Crippen molar-refractivity contribution in [1.82, 2.24) is 14.3 Å². The molecule has 0 saturated carbocycles. The number of pyridine rings is 1. The van der Waals surface area contributed by atoms with Crippen LogP contribution in [0, 0.1) is 12.8 Å².